The van der Waals surface area contributed by atoms with E-state index in [0.29, 0.717) is 0 Å². The molecule has 0 aliphatic carbocycles. The molecule has 0 amide bonds. The maximum atomic E-state index is 12.5. The topological polar surface area (TPSA) is 44.5 Å². The van der Waals surface area contributed by atoms with Gasteiger partial charge in [0.05, 0.1) is 14.2 Å². The highest BCUT2D eigenvalue weighted by Crippen LogP contribution is 2.39. The fourth-order valence-electron chi connectivity index (χ4n) is 1.33. The molecule has 0 bridgehead atoms. The van der Waals surface area contributed by atoms with Gasteiger partial charge in [0, 0.05) is 5.56 Å². The fraction of sp³-hybridized carbons (Fsp3) is 0.400. The normalized spacial score (nSPS) is 12.6. The first-order valence-corrected chi connectivity index (χ1v) is 4.45. The lowest BCUT2D eigenvalue weighted by Crippen LogP contribution is -2.28. The second kappa shape index (κ2) is 5.97. The second-order valence-corrected chi connectivity index (χ2v) is 3.10. The van der Waals surface area contributed by atoms with Gasteiger partial charge in [0.15, 0.2) is 11.5 Å². The summed E-state index contributed by atoms with van der Waals surface area (Å²) in [5, 5.41) is 0. The number of alkyl halides is 3. The molecular formula is C10H13ClF3NO2. The first-order valence-electron chi connectivity index (χ1n) is 4.45. The van der Waals surface area contributed by atoms with Crippen LogP contribution in [0.15, 0.2) is 18.2 Å². The molecule has 0 saturated carbocycles. The van der Waals surface area contributed by atoms with E-state index in [1.54, 1.807) is 0 Å². The Balaban J connectivity index is 0.00000256. The highest BCUT2D eigenvalue weighted by atomic mass is 35.5. The Morgan fingerprint density at radius 3 is 2.18 bits per heavy atom. The summed E-state index contributed by atoms with van der Waals surface area (Å²) in [5.41, 5.74) is 4.97. The van der Waals surface area contributed by atoms with Crippen LogP contribution < -0.4 is 15.2 Å². The van der Waals surface area contributed by atoms with Crippen LogP contribution in [0.3, 0.4) is 0 Å². The van der Waals surface area contributed by atoms with E-state index < -0.39 is 12.2 Å². The number of halogens is 4. The van der Waals surface area contributed by atoms with Gasteiger partial charge in [-0.2, -0.15) is 13.2 Å². The molecule has 1 rings (SSSR count). The molecule has 0 fully saturated rings. The zero-order valence-electron chi connectivity index (χ0n) is 9.25. The van der Waals surface area contributed by atoms with Crippen molar-refractivity contribution in [2.45, 2.75) is 12.2 Å². The number of benzene rings is 1. The quantitative estimate of drug-likeness (QED) is 0.919. The number of hydrogen-bond donors (Lipinski definition) is 1. The van der Waals surface area contributed by atoms with Crippen molar-refractivity contribution in [1.29, 1.82) is 0 Å². The number of nitrogens with two attached hydrogens (primary N) is 1. The van der Waals surface area contributed by atoms with Gasteiger partial charge in [-0.1, -0.05) is 12.1 Å². The molecule has 1 atom stereocenters. The van der Waals surface area contributed by atoms with Crippen molar-refractivity contribution in [1.82, 2.24) is 0 Å². The minimum Gasteiger partial charge on any atom is -0.493 e. The zero-order chi connectivity index (χ0) is 12.3. The van der Waals surface area contributed by atoms with E-state index in [9.17, 15) is 13.2 Å². The first-order chi connectivity index (χ1) is 7.41. The Labute approximate surface area is 103 Å². The summed E-state index contributed by atoms with van der Waals surface area (Å²) >= 11 is 0. The van der Waals surface area contributed by atoms with Gasteiger partial charge in [-0.05, 0) is 6.07 Å². The van der Waals surface area contributed by atoms with E-state index >= 15 is 0 Å². The average molecular weight is 272 g/mol. The highest BCUT2D eigenvalue weighted by Gasteiger charge is 2.39. The van der Waals surface area contributed by atoms with Crippen molar-refractivity contribution in [3.8, 4) is 11.5 Å². The standard InChI is InChI=1S/C10H12F3NO2.ClH/c1-15-7-5-3-4-6(8(7)16-2)9(14)10(11,12)13;/h3-5,9H,14H2,1-2H3;1H/t9-;/m1./s1. The lowest BCUT2D eigenvalue weighted by Gasteiger charge is -2.19. The van der Waals surface area contributed by atoms with Crippen LogP contribution in [0.2, 0.25) is 0 Å². The predicted octanol–water partition coefficient (Wildman–Crippen LogP) is 2.69. The number of ether oxygens (including phenoxy) is 2. The van der Waals surface area contributed by atoms with Crippen molar-refractivity contribution < 1.29 is 22.6 Å². The monoisotopic (exact) mass is 271 g/mol. The lowest BCUT2D eigenvalue weighted by atomic mass is 10.1. The maximum Gasteiger partial charge on any atom is 0.407 e. The molecular weight excluding hydrogens is 259 g/mol. The van der Waals surface area contributed by atoms with Crippen LogP contribution in [0.25, 0.3) is 0 Å². The SMILES string of the molecule is COc1cccc([C@@H](N)C(F)(F)F)c1OC.Cl. The molecule has 0 aliphatic rings. The van der Waals surface area contributed by atoms with Gasteiger partial charge in [-0.15, -0.1) is 12.4 Å². The van der Waals surface area contributed by atoms with Crippen LogP contribution in [-0.4, -0.2) is 20.4 Å². The fourth-order valence-corrected chi connectivity index (χ4v) is 1.33. The van der Waals surface area contributed by atoms with Gasteiger partial charge in [-0.3, -0.25) is 0 Å². The smallest absolute Gasteiger partial charge is 0.407 e. The van der Waals surface area contributed by atoms with Crippen LogP contribution in [0.1, 0.15) is 11.6 Å². The first kappa shape index (κ1) is 15.9. The molecule has 0 unspecified atom stereocenters. The summed E-state index contributed by atoms with van der Waals surface area (Å²) < 4.78 is 47.2. The minimum absolute atomic E-state index is 0. The zero-order valence-corrected chi connectivity index (χ0v) is 10.1. The van der Waals surface area contributed by atoms with E-state index in [-0.39, 0.29) is 29.5 Å². The van der Waals surface area contributed by atoms with Crippen molar-refractivity contribution >= 4 is 12.4 Å². The Morgan fingerprint density at radius 2 is 1.76 bits per heavy atom. The molecule has 1 aromatic carbocycles. The second-order valence-electron chi connectivity index (χ2n) is 3.10. The van der Waals surface area contributed by atoms with Crippen LogP contribution in [0.5, 0.6) is 11.5 Å². The lowest BCUT2D eigenvalue weighted by molar-refractivity contribution is -0.149. The summed E-state index contributed by atoms with van der Waals surface area (Å²) in [5.74, 6) is 0.231. The van der Waals surface area contributed by atoms with Crippen LogP contribution >= 0.6 is 12.4 Å². The van der Waals surface area contributed by atoms with Crippen LogP contribution in [-0.2, 0) is 0 Å². The third kappa shape index (κ3) is 3.41. The van der Waals surface area contributed by atoms with Crippen molar-refractivity contribution in [2.75, 3.05) is 14.2 Å². The molecule has 2 N–H and O–H groups in total. The van der Waals surface area contributed by atoms with Gasteiger partial charge in [-0.25, -0.2) is 0 Å². The van der Waals surface area contributed by atoms with Crippen molar-refractivity contribution in [2.24, 2.45) is 5.73 Å². The van der Waals surface area contributed by atoms with Gasteiger partial charge in [0.1, 0.15) is 6.04 Å². The number of methoxy groups -OCH3 is 2. The van der Waals surface area contributed by atoms with E-state index in [2.05, 4.69) is 0 Å². The van der Waals surface area contributed by atoms with Crippen molar-refractivity contribution in [3.63, 3.8) is 0 Å². The summed E-state index contributed by atoms with van der Waals surface area (Å²) in [6.07, 6.45) is -4.51. The van der Waals surface area contributed by atoms with Gasteiger partial charge in [0.25, 0.3) is 0 Å². The maximum absolute atomic E-state index is 12.5. The summed E-state index contributed by atoms with van der Waals surface area (Å²) in [6, 6.07) is 2.12. The minimum atomic E-state index is -4.51. The molecule has 0 aliphatic heterocycles. The summed E-state index contributed by atoms with van der Waals surface area (Å²) in [7, 11) is 2.62. The average Bonchev–Trinajstić information content (AvgIpc) is 2.25. The number of hydrogen-bond acceptors (Lipinski definition) is 3. The van der Waals surface area contributed by atoms with Crippen LogP contribution in [0, 0.1) is 0 Å². The molecule has 3 nitrogen and oxygen atoms in total. The Hall–Kier alpha value is -1.14. The van der Waals surface area contributed by atoms with E-state index in [4.69, 9.17) is 15.2 Å². The highest BCUT2D eigenvalue weighted by molar-refractivity contribution is 5.85. The number of rotatable bonds is 3. The van der Waals surface area contributed by atoms with E-state index in [0.717, 1.165) is 0 Å². The Morgan fingerprint density at radius 1 is 1.18 bits per heavy atom. The Kier molecular flexibility index (Phi) is 5.57. The third-order valence-electron chi connectivity index (χ3n) is 2.12. The number of para-hydroxylation sites is 1. The Bertz CT molecular complexity index is 371. The van der Waals surface area contributed by atoms with Crippen LogP contribution in [0.4, 0.5) is 13.2 Å². The molecule has 1 aromatic rings. The van der Waals surface area contributed by atoms with Crippen molar-refractivity contribution in [3.05, 3.63) is 23.8 Å². The molecule has 0 radical (unpaired) electrons. The van der Waals surface area contributed by atoms with E-state index in [1.165, 1.54) is 32.4 Å². The molecule has 0 spiro atoms. The summed E-state index contributed by atoms with van der Waals surface area (Å²) in [6.45, 7) is 0. The van der Waals surface area contributed by atoms with E-state index in [1.807, 2.05) is 0 Å². The largest absolute Gasteiger partial charge is 0.493 e. The molecule has 7 heteroatoms. The molecule has 0 aromatic heterocycles. The third-order valence-corrected chi connectivity index (χ3v) is 2.12. The van der Waals surface area contributed by atoms with Gasteiger partial charge < -0.3 is 15.2 Å². The summed E-state index contributed by atoms with van der Waals surface area (Å²) in [4.78, 5) is 0. The molecule has 0 heterocycles. The molecule has 0 saturated heterocycles. The predicted molar refractivity (Wildman–Crippen MR) is 59.8 cm³/mol. The van der Waals surface area contributed by atoms with Gasteiger partial charge in [0.2, 0.25) is 0 Å². The van der Waals surface area contributed by atoms with Gasteiger partial charge >= 0.3 is 6.18 Å². The molecule has 98 valence electrons. The molecule has 17 heavy (non-hydrogen) atoms.